The van der Waals surface area contributed by atoms with Crippen LogP contribution in [-0.2, 0) is 13.0 Å². The molecular formula is C26H27N5O2. The molecule has 7 heteroatoms. The fraction of sp³-hybridized carbons (Fsp3) is 0.192. The minimum absolute atomic E-state index is 0.0934. The second kappa shape index (κ2) is 11.1. The van der Waals surface area contributed by atoms with Crippen LogP contribution in [0.5, 0.6) is 11.5 Å². The van der Waals surface area contributed by atoms with Crippen LogP contribution in [0, 0.1) is 0 Å². The SMILES string of the molecule is Nc1nc(NCCCCc2ccc(Oc3ccccc3)cc2)nc(-c2ccccc2CO)n1. The molecule has 0 fully saturated rings. The van der Waals surface area contributed by atoms with Crippen LogP contribution in [0.4, 0.5) is 11.9 Å². The van der Waals surface area contributed by atoms with E-state index in [4.69, 9.17) is 10.5 Å². The maximum absolute atomic E-state index is 9.57. The average Bonchev–Trinajstić information content (AvgIpc) is 2.85. The van der Waals surface area contributed by atoms with Crippen molar-refractivity contribution in [3.8, 4) is 22.9 Å². The Morgan fingerprint density at radius 3 is 2.30 bits per heavy atom. The molecule has 7 nitrogen and oxygen atoms in total. The van der Waals surface area contributed by atoms with Crippen LogP contribution in [-0.4, -0.2) is 26.6 Å². The Morgan fingerprint density at radius 2 is 1.52 bits per heavy atom. The topological polar surface area (TPSA) is 106 Å². The van der Waals surface area contributed by atoms with Gasteiger partial charge in [-0.15, -0.1) is 0 Å². The predicted octanol–water partition coefficient (Wildman–Crippen LogP) is 4.84. The maximum Gasteiger partial charge on any atom is 0.228 e. The summed E-state index contributed by atoms with van der Waals surface area (Å²) in [5.74, 6) is 2.70. The molecule has 0 aliphatic carbocycles. The number of aromatic nitrogens is 3. The summed E-state index contributed by atoms with van der Waals surface area (Å²) in [6.07, 6.45) is 2.95. The molecule has 0 aliphatic rings. The molecule has 0 aliphatic heterocycles. The first-order valence-corrected chi connectivity index (χ1v) is 11.0. The molecule has 0 radical (unpaired) electrons. The van der Waals surface area contributed by atoms with Gasteiger partial charge in [0.25, 0.3) is 0 Å². The highest BCUT2D eigenvalue weighted by Gasteiger charge is 2.10. The number of aliphatic hydroxyl groups excluding tert-OH is 1. The summed E-state index contributed by atoms with van der Waals surface area (Å²) in [4.78, 5) is 12.9. The van der Waals surface area contributed by atoms with Gasteiger partial charge < -0.3 is 20.9 Å². The molecule has 0 bridgehead atoms. The Hall–Kier alpha value is -3.97. The maximum atomic E-state index is 9.57. The Bertz CT molecular complexity index is 1170. The number of anilines is 2. The van der Waals surface area contributed by atoms with Crippen molar-refractivity contribution in [1.29, 1.82) is 0 Å². The third kappa shape index (κ3) is 6.27. The molecule has 1 aromatic heterocycles. The lowest BCUT2D eigenvalue weighted by atomic mass is 10.1. The van der Waals surface area contributed by atoms with Crippen LogP contribution in [0.2, 0.25) is 0 Å². The van der Waals surface area contributed by atoms with E-state index in [1.165, 1.54) is 5.56 Å². The smallest absolute Gasteiger partial charge is 0.228 e. The highest BCUT2D eigenvalue weighted by Crippen LogP contribution is 2.23. The normalized spacial score (nSPS) is 10.7. The first-order chi connectivity index (χ1) is 16.2. The van der Waals surface area contributed by atoms with Crippen LogP contribution in [0.25, 0.3) is 11.4 Å². The average molecular weight is 442 g/mol. The van der Waals surface area contributed by atoms with E-state index in [1.54, 1.807) is 0 Å². The van der Waals surface area contributed by atoms with Gasteiger partial charge in [-0.05, 0) is 54.7 Å². The number of nitrogens with zero attached hydrogens (tertiary/aromatic N) is 3. The molecule has 168 valence electrons. The fourth-order valence-corrected chi connectivity index (χ4v) is 3.47. The lowest BCUT2D eigenvalue weighted by Gasteiger charge is -2.10. The zero-order chi connectivity index (χ0) is 22.9. The third-order valence-corrected chi connectivity index (χ3v) is 5.16. The van der Waals surface area contributed by atoms with Gasteiger partial charge in [-0.25, -0.2) is 0 Å². The number of rotatable bonds is 10. The Balaban J connectivity index is 1.26. The second-order valence-electron chi connectivity index (χ2n) is 7.60. The largest absolute Gasteiger partial charge is 0.457 e. The number of ether oxygens (including phenoxy) is 1. The predicted molar refractivity (Wildman–Crippen MR) is 130 cm³/mol. The molecular weight excluding hydrogens is 414 g/mol. The number of unbranched alkanes of at least 4 members (excludes halogenated alkanes) is 1. The van der Waals surface area contributed by atoms with Gasteiger partial charge in [-0.2, -0.15) is 15.0 Å². The minimum atomic E-state index is -0.0934. The number of aliphatic hydroxyl groups is 1. The van der Waals surface area contributed by atoms with Crippen LogP contribution in [0.3, 0.4) is 0 Å². The van der Waals surface area contributed by atoms with Gasteiger partial charge in [0.1, 0.15) is 11.5 Å². The van der Waals surface area contributed by atoms with Gasteiger partial charge in [0.05, 0.1) is 6.61 Å². The Labute approximate surface area is 193 Å². The minimum Gasteiger partial charge on any atom is -0.457 e. The van der Waals surface area contributed by atoms with Crippen molar-refractivity contribution in [3.05, 3.63) is 90.0 Å². The number of hydrogen-bond acceptors (Lipinski definition) is 7. The lowest BCUT2D eigenvalue weighted by Crippen LogP contribution is -2.10. The molecule has 4 aromatic rings. The quantitative estimate of drug-likeness (QED) is 0.302. The standard InChI is InChI=1S/C26H27N5O2/c27-25-29-24(23-12-5-4-9-20(23)18-32)30-26(31-25)28-17-7-6-8-19-13-15-22(16-14-19)33-21-10-2-1-3-11-21/h1-5,9-16,32H,6-8,17-18H2,(H3,27,28,29,30,31). The van der Waals surface area contributed by atoms with Crippen molar-refractivity contribution >= 4 is 11.9 Å². The summed E-state index contributed by atoms with van der Waals surface area (Å²) >= 11 is 0. The summed E-state index contributed by atoms with van der Waals surface area (Å²) in [5, 5.41) is 12.8. The van der Waals surface area contributed by atoms with Gasteiger partial charge in [0, 0.05) is 12.1 Å². The molecule has 0 spiro atoms. The Morgan fingerprint density at radius 1 is 0.788 bits per heavy atom. The fourth-order valence-electron chi connectivity index (χ4n) is 3.47. The third-order valence-electron chi connectivity index (χ3n) is 5.16. The summed E-state index contributed by atoms with van der Waals surface area (Å²) in [6.45, 7) is 0.629. The van der Waals surface area contributed by atoms with Crippen molar-refractivity contribution in [2.75, 3.05) is 17.6 Å². The molecule has 0 amide bonds. The van der Waals surface area contributed by atoms with E-state index in [0.29, 0.717) is 11.8 Å². The van der Waals surface area contributed by atoms with E-state index < -0.39 is 0 Å². The van der Waals surface area contributed by atoms with Gasteiger partial charge in [0.2, 0.25) is 11.9 Å². The molecule has 0 saturated carbocycles. The number of aryl methyl sites for hydroxylation is 1. The van der Waals surface area contributed by atoms with E-state index in [-0.39, 0.29) is 12.6 Å². The van der Waals surface area contributed by atoms with E-state index >= 15 is 0 Å². The number of nitrogens with two attached hydrogens (primary N) is 1. The molecule has 33 heavy (non-hydrogen) atoms. The number of para-hydroxylation sites is 1. The second-order valence-corrected chi connectivity index (χ2v) is 7.60. The highest BCUT2D eigenvalue weighted by molar-refractivity contribution is 5.62. The number of nitrogen functional groups attached to an aromatic ring is 1. The monoisotopic (exact) mass is 441 g/mol. The van der Waals surface area contributed by atoms with Crippen molar-refractivity contribution < 1.29 is 9.84 Å². The summed E-state index contributed by atoms with van der Waals surface area (Å²) in [7, 11) is 0. The summed E-state index contributed by atoms with van der Waals surface area (Å²) < 4.78 is 5.84. The first kappa shape index (κ1) is 22.2. The van der Waals surface area contributed by atoms with E-state index in [9.17, 15) is 5.11 Å². The van der Waals surface area contributed by atoms with Gasteiger partial charge >= 0.3 is 0 Å². The summed E-state index contributed by atoms with van der Waals surface area (Å²) in [6, 6.07) is 25.4. The molecule has 4 N–H and O–H groups in total. The van der Waals surface area contributed by atoms with E-state index in [0.717, 1.165) is 48.4 Å². The summed E-state index contributed by atoms with van der Waals surface area (Å²) in [5.41, 5.74) is 8.64. The molecule has 3 aromatic carbocycles. The number of nitrogens with one attached hydrogen (secondary N) is 1. The molecule has 0 atom stereocenters. The number of hydrogen-bond donors (Lipinski definition) is 3. The Kier molecular flexibility index (Phi) is 7.45. The van der Waals surface area contributed by atoms with Crippen molar-refractivity contribution in [3.63, 3.8) is 0 Å². The van der Waals surface area contributed by atoms with E-state index in [2.05, 4.69) is 32.4 Å². The lowest BCUT2D eigenvalue weighted by molar-refractivity contribution is 0.282. The van der Waals surface area contributed by atoms with Crippen molar-refractivity contribution in [1.82, 2.24) is 15.0 Å². The molecule has 0 unspecified atom stereocenters. The number of benzene rings is 3. The van der Waals surface area contributed by atoms with Gasteiger partial charge in [0.15, 0.2) is 5.82 Å². The van der Waals surface area contributed by atoms with Crippen molar-refractivity contribution in [2.24, 2.45) is 0 Å². The van der Waals surface area contributed by atoms with Crippen LogP contribution in [0.1, 0.15) is 24.0 Å². The van der Waals surface area contributed by atoms with Crippen LogP contribution in [0.15, 0.2) is 78.9 Å². The molecule has 1 heterocycles. The molecule has 0 saturated heterocycles. The first-order valence-electron chi connectivity index (χ1n) is 11.0. The molecule has 4 rings (SSSR count). The van der Waals surface area contributed by atoms with E-state index in [1.807, 2.05) is 66.7 Å². The zero-order valence-corrected chi connectivity index (χ0v) is 18.3. The van der Waals surface area contributed by atoms with Crippen LogP contribution < -0.4 is 15.8 Å². The van der Waals surface area contributed by atoms with Gasteiger partial charge in [-0.3, -0.25) is 0 Å². The van der Waals surface area contributed by atoms with Crippen molar-refractivity contribution in [2.45, 2.75) is 25.9 Å². The highest BCUT2D eigenvalue weighted by atomic mass is 16.5. The zero-order valence-electron chi connectivity index (χ0n) is 18.3. The van der Waals surface area contributed by atoms with Crippen LogP contribution >= 0.6 is 0 Å². The van der Waals surface area contributed by atoms with Gasteiger partial charge in [-0.1, -0.05) is 54.6 Å².